The third-order valence-corrected chi connectivity index (χ3v) is 1.60. The first-order valence-corrected chi connectivity index (χ1v) is 3.20. The van der Waals surface area contributed by atoms with Gasteiger partial charge in [0, 0.05) is 0 Å². The molecule has 0 aliphatic rings. The summed E-state index contributed by atoms with van der Waals surface area (Å²) in [6.07, 6.45) is 1.44. The van der Waals surface area contributed by atoms with Crippen LogP contribution in [0, 0.1) is 5.82 Å². The Morgan fingerprint density at radius 2 is 2.09 bits per heavy atom. The van der Waals surface area contributed by atoms with Crippen molar-refractivity contribution in [3.05, 3.63) is 30.3 Å². The Morgan fingerprint density at radius 3 is 2.91 bits per heavy atom. The van der Waals surface area contributed by atoms with Gasteiger partial charge in [-0.25, -0.2) is 4.39 Å². The number of fused-ring (bicyclic) bond motifs is 1. The summed E-state index contributed by atoms with van der Waals surface area (Å²) >= 11 is 0. The van der Waals surface area contributed by atoms with Gasteiger partial charge in [0.25, 0.3) is 0 Å². The molecule has 3 heteroatoms. The molecule has 0 bridgehead atoms. The molecule has 0 spiro atoms. The van der Waals surface area contributed by atoms with Gasteiger partial charge in [-0.15, -0.1) is 0 Å². The second-order valence-electron chi connectivity index (χ2n) is 2.30. The number of furan rings is 1. The predicted octanol–water partition coefficient (Wildman–Crippen LogP) is 2.15. The maximum atomic E-state index is 13.0. The van der Waals surface area contributed by atoms with Crippen molar-refractivity contribution in [2.24, 2.45) is 0 Å². The Hall–Kier alpha value is -1.51. The average Bonchev–Trinajstić information content (AvgIpc) is 2.45. The van der Waals surface area contributed by atoms with E-state index in [0.29, 0.717) is 11.0 Å². The number of nitrogens with two attached hydrogens (primary N) is 1. The van der Waals surface area contributed by atoms with Crippen LogP contribution in [0.1, 0.15) is 0 Å². The molecular weight excluding hydrogens is 145 g/mol. The smallest absolute Gasteiger partial charge is 0.157 e. The summed E-state index contributed by atoms with van der Waals surface area (Å²) in [5.74, 6) is -0.406. The average molecular weight is 151 g/mol. The molecule has 1 aromatic carbocycles. The molecule has 0 amide bonds. The van der Waals surface area contributed by atoms with Gasteiger partial charge in [0.2, 0.25) is 0 Å². The molecule has 2 N–H and O–H groups in total. The van der Waals surface area contributed by atoms with Gasteiger partial charge in [0.1, 0.15) is 5.58 Å². The van der Waals surface area contributed by atoms with Crippen molar-refractivity contribution in [2.45, 2.75) is 0 Å². The van der Waals surface area contributed by atoms with Crippen molar-refractivity contribution in [1.82, 2.24) is 0 Å². The number of nitrogen functional groups attached to an aromatic ring is 1. The van der Waals surface area contributed by atoms with E-state index < -0.39 is 5.82 Å². The monoisotopic (exact) mass is 151 g/mol. The lowest BCUT2D eigenvalue weighted by Gasteiger charge is -1.94. The first kappa shape index (κ1) is 6.22. The van der Waals surface area contributed by atoms with Gasteiger partial charge in [-0.1, -0.05) is 0 Å². The van der Waals surface area contributed by atoms with Crippen molar-refractivity contribution in [1.29, 1.82) is 0 Å². The van der Waals surface area contributed by atoms with Crippen molar-refractivity contribution in [3.8, 4) is 0 Å². The Balaban J connectivity index is 2.93. The van der Waals surface area contributed by atoms with Crippen molar-refractivity contribution in [2.75, 3.05) is 5.73 Å². The van der Waals surface area contributed by atoms with Crippen LogP contribution in [-0.4, -0.2) is 0 Å². The maximum Gasteiger partial charge on any atom is 0.157 e. The minimum Gasteiger partial charge on any atom is -0.464 e. The molecule has 0 unspecified atom stereocenters. The molecule has 0 aliphatic carbocycles. The van der Waals surface area contributed by atoms with Crippen molar-refractivity contribution < 1.29 is 8.81 Å². The highest BCUT2D eigenvalue weighted by Gasteiger charge is 2.05. The highest BCUT2D eigenvalue weighted by Crippen LogP contribution is 2.22. The third-order valence-electron chi connectivity index (χ3n) is 1.60. The summed E-state index contributed by atoms with van der Waals surface area (Å²) in [5, 5.41) is 0.435. The van der Waals surface area contributed by atoms with Crippen LogP contribution < -0.4 is 5.73 Å². The minimum absolute atomic E-state index is 0.152. The van der Waals surface area contributed by atoms with E-state index in [1.165, 1.54) is 12.3 Å². The number of benzene rings is 1. The summed E-state index contributed by atoms with van der Waals surface area (Å²) in [4.78, 5) is 0. The summed E-state index contributed by atoms with van der Waals surface area (Å²) in [7, 11) is 0. The summed E-state index contributed by atoms with van der Waals surface area (Å²) in [6, 6.07) is 4.69. The topological polar surface area (TPSA) is 39.2 Å². The van der Waals surface area contributed by atoms with Crippen LogP contribution in [-0.2, 0) is 0 Å². The fourth-order valence-electron chi connectivity index (χ4n) is 1.03. The van der Waals surface area contributed by atoms with Gasteiger partial charge >= 0.3 is 0 Å². The number of hydrogen-bond acceptors (Lipinski definition) is 2. The number of anilines is 1. The lowest BCUT2D eigenvalue weighted by atomic mass is 10.2. The first-order valence-electron chi connectivity index (χ1n) is 3.20. The Bertz CT molecular complexity index is 394. The van der Waals surface area contributed by atoms with Crippen LogP contribution in [0.5, 0.6) is 0 Å². The maximum absolute atomic E-state index is 13.0. The molecule has 2 rings (SSSR count). The first-order chi connectivity index (χ1) is 5.29. The summed E-state index contributed by atoms with van der Waals surface area (Å²) < 4.78 is 18.0. The zero-order valence-corrected chi connectivity index (χ0v) is 5.67. The molecule has 2 nitrogen and oxygen atoms in total. The van der Waals surface area contributed by atoms with E-state index in [2.05, 4.69) is 0 Å². The largest absolute Gasteiger partial charge is 0.464 e. The summed E-state index contributed by atoms with van der Waals surface area (Å²) in [6.45, 7) is 0. The minimum atomic E-state index is -0.406. The fraction of sp³-hybridized carbons (Fsp3) is 0. The molecule has 0 saturated heterocycles. The number of rotatable bonds is 0. The zero-order chi connectivity index (χ0) is 7.84. The lowest BCUT2D eigenvalue weighted by Crippen LogP contribution is -1.88. The third kappa shape index (κ3) is 0.774. The summed E-state index contributed by atoms with van der Waals surface area (Å²) in [5.41, 5.74) is 6.00. The normalized spacial score (nSPS) is 10.6. The van der Waals surface area contributed by atoms with Gasteiger partial charge in [-0.3, -0.25) is 0 Å². The quantitative estimate of drug-likeness (QED) is 0.586. The Labute approximate surface area is 62.4 Å². The van der Waals surface area contributed by atoms with Crippen LogP contribution in [0.25, 0.3) is 11.0 Å². The second-order valence-corrected chi connectivity index (χ2v) is 2.30. The zero-order valence-electron chi connectivity index (χ0n) is 5.67. The predicted molar refractivity (Wildman–Crippen MR) is 40.6 cm³/mol. The van der Waals surface area contributed by atoms with Crippen LogP contribution in [0.4, 0.5) is 10.1 Å². The molecule has 0 aliphatic heterocycles. The highest BCUT2D eigenvalue weighted by atomic mass is 19.1. The van der Waals surface area contributed by atoms with E-state index in [1.54, 1.807) is 12.1 Å². The van der Waals surface area contributed by atoms with Gasteiger partial charge in [-0.05, 0) is 18.2 Å². The van der Waals surface area contributed by atoms with E-state index in [1.807, 2.05) is 0 Å². The number of halogens is 1. The molecule has 2 aromatic rings. The molecule has 1 heterocycles. The van der Waals surface area contributed by atoms with Gasteiger partial charge in [0.15, 0.2) is 5.82 Å². The van der Waals surface area contributed by atoms with Crippen LogP contribution in [0.15, 0.2) is 28.9 Å². The molecule has 1 aromatic heterocycles. The van der Waals surface area contributed by atoms with E-state index in [-0.39, 0.29) is 5.69 Å². The molecule has 56 valence electrons. The molecule has 11 heavy (non-hydrogen) atoms. The lowest BCUT2D eigenvalue weighted by molar-refractivity contribution is 0.611. The van der Waals surface area contributed by atoms with E-state index >= 15 is 0 Å². The van der Waals surface area contributed by atoms with Crippen LogP contribution in [0.2, 0.25) is 0 Å². The van der Waals surface area contributed by atoms with Gasteiger partial charge < -0.3 is 10.2 Å². The fourth-order valence-corrected chi connectivity index (χ4v) is 1.03. The molecule has 0 saturated carbocycles. The standard InChI is InChI=1S/C8H6FNO/c9-8-5-3-4-11-7(5)2-1-6(8)10/h1-4H,10H2. The van der Waals surface area contributed by atoms with Crippen LogP contribution >= 0.6 is 0 Å². The van der Waals surface area contributed by atoms with Crippen molar-refractivity contribution in [3.63, 3.8) is 0 Å². The molecule has 0 atom stereocenters. The molecule has 0 fully saturated rings. The van der Waals surface area contributed by atoms with Gasteiger partial charge in [-0.2, -0.15) is 0 Å². The molecule has 0 radical (unpaired) electrons. The van der Waals surface area contributed by atoms with Crippen molar-refractivity contribution >= 4 is 16.7 Å². The van der Waals surface area contributed by atoms with E-state index in [0.717, 1.165) is 0 Å². The Morgan fingerprint density at radius 1 is 1.27 bits per heavy atom. The highest BCUT2D eigenvalue weighted by molar-refractivity contribution is 5.81. The van der Waals surface area contributed by atoms with Crippen LogP contribution in [0.3, 0.4) is 0 Å². The molecular formula is C8H6FNO. The number of hydrogen-bond donors (Lipinski definition) is 1. The van der Waals surface area contributed by atoms with E-state index in [9.17, 15) is 4.39 Å². The Kier molecular flexibility index (Phi) is 1.12. The van der Waals surface area contributed by atoms with Gasteiger partial charge in [0.05, 0.1) is 17.3 Å². The van der Waals surface area contributed by atoms with E-state index in [4.69, 9.17) is 10.2 Å². The second kappa shape index (κ2) is 1.99. The SMILES string of the molecule is Nc1ccc2occc2c1F.